The topological polar surface area (TPSA) is 49.4 Å². The predicted octanol–water partition coefficient (Wildman–Crippen LogP) is 1.87. The molecule has 0 amide bonds. The lowest BCUT2D eigenvalue weighted by Crippen LogP contribution is -1.94. The van der Waals surface area contributed by atoms with E-state index in [1.54, 1.807) is 0 Å². The van der Waals surface area contributed by atoms with Gasteiger partial charge in [-0.15, -0.1) is 0 Å². The molecule has 0 heterocycles. The molecule has 4 heteroatoms. The van der Waals surface area contributed by atoms with Gasteiger partial charge in [-0.2, -0.15) is 0 Å². The Kier molecular flexibility index (Phi) is 6.18. The minimum Gasteiger partial charge on any atom is -0.768 e. The first kappa shape index (κ1) is 12.1. The SMILES string of the molecule is C=C/C(=C\C=C\OC(C)C)S(=O)[O-]. The van der Waals surface area contributed by atoms with E-state index in [9.17, 15) is 8.76 Å². The molecule has 0 rings (SSSR count). The van der Waals surface area contributed by atoms with Crippen molar-refractivity contribution in [3.63, 3.8) is 0 Å². The molecule has 0 aromatic rings. The average Bonchev–Trinajstić information content (AvgIpc) is 2.03. The van der Waals surface area contributed by atoms with Gasteiger partial charge in [-0.05, 0) is 37.1 Å². The number of rotatable bonds is 5. The van der Waals surface area contributed by atoms with E-state index in [1.165, 1.54) is 24.5 Å². The molecule has 3 nitrogen and oxygen atoms in total. The van der Waals surface area contributed by atoms with Gasteiger partial charge in [0.25, 0.3) is 0 Å². The Morgan fingerprint density at radius 2 is 2.23 bits per heavy atom. The van der Waals surface area contributed by atoms with Crippen LogP contribution in [0.3, 0.4) is 0 Å². The maximum Gasteiger partial charge on any atom is 0.0922 e. The van der Waals surface area contributed by atoms with Crippen molar-refractivity contribution in [2.24, 2.45) is 0 Å². The molecule has 0 aliphatic rings. The number of ether oxygens (including phenoxy) is 1. The second kappa shape index (κ2) is 6.62. The van der Waals surface area contributed by atoms with Crippen molar-refractivity contribution in [1.82, 2.24) is 0 Å². The highest BCUT2D eigenvalue weighted by Crippen LogP contribution is 2.00. The van der Waals surface area contributed by atoms with Gasteiger partial charge in [0, 0.05) is 4.91 Å². The summed E-state index contributed by atoms with van der Waals surface area (Å²) in [5.74, 6) is 0. The van der Waals surface area contributed by atoms with Gasteiger partial charge in [0.1, 0.15) is 0 Å². The summed E-state index contributed by atoms with van der Waals surface area (Å²) in [4.78, 5) is 0.142. The fourth-order valence-corrected chi connectivity index (χ4v) is 0.854. The van der Waals surface area contributed by atoms with Crippen LogP contribution >= 0.6 is 0 Å². The summed E-state index contributed by atoms with van der Waals surface area (Å²) in [7, 11) is 0. The van der Waals surface area contributed by atoms with E-state index in [4.69, 9.17) is 4.74 Å². The van der Waals surface area contributed by atoms with Crippen molar-refractivity contribution in [2.75, 3.05) is 0 Å². The van der Waals surface area contributed by atoms with E-state index in [0.717, 1.165) is 0 Å². The molecule has 0 aliphatic heterocycles. The van der Waals surface area contributed by atoms with Crippen molar-refractivity contribution in [2.45, 2.75) is 20.0 Å². The lowest BCUT2D eigenvalue weighted by atomic mass is 10.4. The Bertz CT molecular complexity index is 241. The molecular weight excluding hydrogens is 188 g/mol. The van der Waals surface area contributed by atoms with Crippen LogP contribution in [0.25, 0.3) is 0 Å². The number of hydrogen-bond acceptors (Lipinski definition) is 3. The summed E-state index contributed by atoms with van der Waals surface area (Å²) in [5, 5.41) is 0. The third kappa shape index (κ3) is 6.31. The van der Waals surface area contributed by atoms with Crippen LogP contribution < -0.4 is 0 Å². The van der Waals surface area contributed by atoms with Crippen LogP contribution in [0.1, 0.15) is 13.8 Å². The van der Waals surface area contributed by atoms with Crippen molar-refractivity contribution in [1.29, 1.82) is 0 Å². The highest BCUT2D eigenvalue weighted by molar-refractivity contribution is 7.83. The van der Waals surface area contributed by atoms with Gasteiger partial charge < -0.3 is 9.29 Å². The molecule has 0 spiro atoms. The second-order valence-electron chi connectivity index (χ2n) is 2.52. The minimum absolute atomic E-state index is 0.0922. The van der Waals surface area contributed by atoms with Gasteiger partial charge in [0.15, 0.2) is 0 Å². The molecule has 0 fully saturated rings. The van der Waals surface area contributed by atoms with Crippen molar-refractivity contribution >= 4 is 11.1 Å². The monoisotopic (exact) mass is 201 g/mol. The first-order chi connectivity index (χ1) is 6.07. The summed E-state index contributed by atoms with van der Waals surface area (Å²) >= 11 is -2.23. The first-order valence-corrected chi connectivity index (χ1v) is 4.89. The fourth-order valence-electron chi connectivity index (χ4n) is 0.528. The maximum atomic E-state index is 10.4. The summed E-state index contributed by atoms with van der Waals surface area (Å²) in [6, 6.07) is 0. The van der Waals surface area contributed by atoms with Gasteiger partial charge >= 0.3 is 0 Å². The Morgan fingerprint density at radius 1 is 1.62 bits per heavy atom. The van der Waals surface area contributed by atoms with E-state index in [2.05, 4.69) is 6.58 Å². The van der Waals surface area contributed by atoms with Gasteiger partial charge in [-0.25, -0.2) is 0 Å². The molecular formula is C9H13O3S-. The zero-order valence-corrected chi connectivity index (χ0v) is 8.54. The number of allylic oxidation sites excluding steroid dienone is 3. The molecule has 0 aromatic carbocycles. The van der Waals surface area contributed by atoms with E-state index < -0.39 is 11.1 Å². The van der Waals surface area contributed by atoms with Crippen LogP contribution in [0.2, 0.25) is 0 Å². The van der Waals surface area contributed by atoms with Crippen LogP contribution in [0.5, 0.6) is 0 Å². The molecule has 0 saturated carbocycles. The third-order valence-corrected chi connectivity index (χ3v) is 1.77. The third-order valence-electron chi connectivity index (χ3n) is 1.08. The highest BCUT2D eigenvalue weighted by atomic mass is 32.2. The normalized spacial score (nSPS) is 14.9. The Hall–Kier alpha value is -0.870. The molecule has 0 saturated heterocycles. The van der Waals surface area contributed by atoms with Crippen LogP contribution in [-0.2, 0) is 15.8 Å². The largest absolute Gasteiger partial charge is 0.768 e. The molecule has 0 bridgehead atoms. The maximum absolute atomic E-state index is 10.4. The molecule has 0 aromatic heterocycles. The molecule has 1 atom stereocenters. The fraction of sp³-hybridized carbons (Fsp3) is 0.333. The molecule has 1 unspecified atom stereocenters. The van der Waals surface area contributed by atoms with Gasteiger partial charge in [-0.3, -0.25) is 4.21 Å². The quantitative estimate of drug-likeness (QED) is 0.387. The van der Waals surface area contributed by atoms with Crippen molar-refractivity contribution < 1.29 is 13.5 Å². The molecule has 74 valence electrons. The summed E-state index contributed by atoms with van der Waals surface area (Å²) < 4.78 is 25.9. The average molecular weight is 201 g/mol. The van der Waals surface area contributed by atoms with Gasteiger partial charge in [-0.1, -0.05) is 12.7 Å². The van der Waals surface area contributed by atoms with Crippen LogP contribution in [-0.4, -0.2) is 14.9 Å². The zero-order valence-electron chi connectivity index (χ0n) is 7.73. The first-order valence-electron chi connectivity index (χ1n) is 3.82. The van der Waals surface area contributed by atoms with E-state index in [1.807, 2.05) is 13.8 Å². The highest BCUT2D eigenvalue weighted by Gasteiger charge is 1.87. The van der Waals surface area contributed by atoms with E-state index in [-0.39, 0.29) is 11.0 Å². The van der Waals surface area contributed by atoms with Crippen LogP contribution in [0.4, 0.5) is 0 Å². The van der Waals surface area contributed by atoms with Gasteiger partial charge in [0.05, 0.1) is 12.4 Å². The van der Waals surface area contributed by atoms with Gasteiger partial charge in [0.2, 0.25) is 0 Å². The molecule has 0 aliphatic carbocycles. The van der Waals surface area contributed by atoms with Crippen LogP contribution in [0, 0.1) is 0 Å². The standard InChI is InChI=1S/C9H14O3S/c1-4-9(13(10)11)6-5-7-12-8(2)3/h4-8H,1H2,2-3H3,(H,10,11)/p-1/b7-5+,9-6+. The zero-order chi connectivity index (χ0) is 10.3. The molecule has 0 N–H and O–H groups in total. The summed E-state index contributed by atoms with van der Waals surface area (Å²) in [6.45, 7) is 7.13. The van der Waals surface area contributed by atoms with Crippen molar-refractivity contribution in [3.8, 4) is 0 Å². The lowest BCUT2D eigenvalue weighted by Gasteiger charge is -2.04. The smallest absolute Gasteiger partial charge is 0.0922 e. The van der Waals surface area contributed by atoms with Crippen molar-refractivity contribution in [3.05, 3.63) is 36.0 Å². The lowest BCUT2D eigenvalue weighted by molar-refractivity contribution is 0.179. The van der Waals surface area contributed by atoms with E-state index >= 15 is 0 Å². The Labute approximate surface area is 81.1 Å². The predicted molar refractivity (Wildman–Crippen MR) is 52.6 cm³/mol. The minimum atomic E-state index is -2.23. The summed E-state index contributed by atoms with van der Waals surface area (Å²) in [5.41, 5.74) is 0. The second-order valence-corrected chi connectivity index (χ2v) is 3.46. The Morgan fingerprint density at radius 3 is 2.62 bits per heavy atom. The summed E-state index contributed by atoms with van der Waals surface area (Å²) in [6.07, 6.45) is 5.74. The molecule has 0 radical (unpaired) electrons. The Balaban J connectivity index is 4.14. The van der Waals surface area contributed by atoms with Crippen LogP contribution in [0.15, 0.2) is 36.0 Å². The number of hydrogen-bond donors (Lipinski definition) is 0. The molecule has 13 heavy (non-hydrogen) atoms. The van der Waals surface area contributed by atoms with E-state index in [0.29, 0.717) is 0 Å².